The minimum atomic E-state index is 0.404. The first kappa shape index (κ1) is 8.82. The number of aromatic nitrogens is 1. The predicted molar refractivity (Wildman–Crippen MR) is 54.5 cm³/mol. The first-order valence-electron chi connectivity index (χ1n) is 4.90. The Kier molecular flexibility index (Phi) is 1.77. The molecule has 1 aliphatic carbocycles. The molecule has 1 aromatic heterocycles. The molecule has 1 aromatic rings. The van der Waals surface area contributed by atoms with E-state index in [1.807, 2.05) is 0 Å². The molecule has 1 fully saturated rings. The van der Waals surface area contributed by atoms with Gasteiger partial charge in [0.1, 0.15) is 0 Å². The molecule has 0 unspecified atom stereocenters. The Bertz CT molecular complexity index is 312. The third-order valence-electron chi connectivity index (χ3n) is 3.61. The zero-order chi connectivity index (χ0) is 9.64. The molecule has 1 saturated carbocycles. The summed E-state index contributed by atoms with van der Waals surface area (Å²) in [6.45, 7) is 5.42. The Labute approximate surface area is 79.7 Å². The van der Waals surface area contributed by atoms with E-state index in [2.05, 4.69) is 43.8 Å². The van der Waals surface area contributed by atoms with Crippen LogP contribution in [0.25, 0.3) is 0 Å². The molecule has 1 heterocycles. The van der Waals surface area contributed by atoms with Gasteiger partial charge in [-0.3, -0.25) is 0 Å². The molecule has 0 spiro atoms. The monoisotopic (exact) mass is 178 g/mol. The average molecular weight is 178 g/mol. The fraction of sp³-hybridized carbons (Fsp3) is 0.636. The number of hydrogen-bond donors (Lipinski definition) is 1. The van der Waals surface area contributed by atoms with Crippen molar-refractivity contribution in [3.05, 3.63) is 24.0 Å². The first-order valence-corrected chi connectivity index (χ1v) is 4.90. The summed E-state index contributed by atoms with van der Waals surface area (Å²) < 4.78 is 2.21. The van der Waals surface area contributed by atoms with Crippen LogP contribution in [0.4, 0.5) is 0 Å². The lowest BCUT2D eigenvalue weighted by molar-refractivity contribution is 0.555. The average Bonchev–Trinajstić information content (AvgIpc) is 2.41. The molecule has 2 nitrogen and oxygen atoms in total. The van der Waals surface area contributed by atoms with E-state index in [4.69, 9.17) is 5.73 Å². The van der Waals surface area contributed by atoms with Gasteiger partial charge in [0.2, 0.25) is 0 Å². The third-order valence-corrected chi connectivity index (χ3v) is 3.61. The van der Waals surface area contributed by atoms with Crippen LogP contribution in [-0.4, -0.2) is 11.1 Å². The summed E-state index contributed by atoms with van der Waals surface area (Å²) in [5.74, 6) is 1.33. The van der Waals surface area contributed by atoms with Crippen molar-refractivity contribution in [3.63, 3.8) is 0 Å². The molecule has 0 saturated heterocycles. The zero-order valence-corrected chi connectivity index (χ0v) is 8.62. The predicted octanol–water partition coefficient (Wildman–Crippen LogP) is 1.72. The van der Waals surface area contributed by atoms with Crippen LogP contribution in [0.2, 0.25) is 0 Å². The van der Waals surface area contributed by atoms with E-state index in [1.165, 1.54) is 5.69 Å². The number of rotatable bonds is 2. The van der Waals surface area contributed by atoms with Gasteiger partial charge in [-0.2, -0.15) is 0 Å². The highest BCUT2D eigenvalue weighted by molar-refractivity contribution is 5.27. The van der Waals surface area contributed by atoms with Gasteiger partial charge in [0.05, 0.1) is 0 Å². The highest BCUT2D eigenvalue weighted by Crippen LogP contribution is 2.63. The molecule has 2 atom stereocenters. The summed E-state index contributed by atoms with van der Waals surface area (Å²) in [5.41, 5.74) is 7.58. The SMILES string of the molecule is Cn1cccc1[C@H]1[C@H](CN)C1(C)C. The molecule has 0 amide bonds. The Balaban J connectivity index is 2.26. The van der Waals surface area contributed by atoms with E-state index in [0.29, 0.717) is 17.3 Å². The second-order valence-corrected chi connectivity index (χ2v) is 4.69. The molecular formula is C11H18N2. The zero-order valence-electron chi connectivity index (χ0n) is 8.62. The van der Waals surface area contributed by atoms with Crippen molar-refractivity contribution in [2.75, 3.05) is 6.54 Å². The van der Waals surface area contributed by atoms with Crippen molar-refractivity contribution in [3.8, 4) is 0 Å². The van der Waals surface area contributed by atoms with E-state index in [0.717, 1.165) is 6.54 Å². The largest absolute Gasteiger partial charge is 0.354 e. The van der Waals surface area contributed by atoms with Gasteiger partial charge in [-0.05, 0) is 30.0 Å². The van der Waals surface area contributed by atoms with E-state index < -0.39 is 0 Å². The molecule has 2 rings (SSSR count). The molecular weight excluding hydrogens is 160 g/mol. The quantitative estimate of drug-likeness (QED) is 0.734. The fourth-order valence-electron chi connectivity index (χ4n) is 2.57. The van der Waals surface area contributed by atoms with Gasteiger partial charge in [-0.1, -0.05) is 13.8 Å². The van der Waals surface area contributed by atoms with E-state index in [-0.39, 0.29) is 0 Å². The molecule has 1 aliphatic rings. The van der Waals surface area contributed by atoms with Gasteiger partial charge >= 0.3 is 0 Å². The Morgan fingerprint density at radius 3 is 2.62 bits per heavy atom. The van der Waals surface area contributed by atoms with Gasteiger partial charge in [-0.15, -0.1) is 0 Å². The Hall–Kier alpha value is -0.760. The van der Waals surface area contributed by atoms with E-state index >= 15 is 0 Å². The summed E-state index contributed by atoms with van der Waals surface area (Å²) >= 11 is 0. The van der Waals surface area contributed by atoms with E-state index in [1.54, 1.807) is 0 Å². The summed E-state index contributed by atoms with van der Waals surface area (Å²) in [4.78, 5) is 0. The van der Waals surface area contributed by atoms with Gasteiger partial charge < -0.3 is 10.3 Å². The van der Waals surface area contributed by atoms with Crippen LogP contribution in [0, 0.1) is 11.3 Å². The smallest absolute Gasteiger partial charge is 0.0211 e. The van der Waals surface area contributed by atoms with Crippen LogP contribution in [0.5, 0.6) is 0 Å². The molecule has 13 heavy (non-hydrogen) atoms. The number of nitrogens with two attached hydrogens (primary N) is 1. The lowest BCUT2D eigenvalue weighted by Crippen LogP contribution is -2.05. The van der Waals surface area contributed by atoms with Crippen molar-refractivity contribution >= 4 is 0 Å². The lowest BCUT2D eigenvalue weighted by atomic mass is 10.1. The van der Waals surface area contributed by atoms with Crippen LogP contribution >= 0.6 is 0 Å². The van der Waals surface area contributed by atoms with Gasteiger partial charge in [-0.25, -0.2) is 0 Å². The Morgan fingerprint density at radius 1 is 1.54 bits per heavy atom. The molecule has 2 heteroatoms. The lowest BCUT2D eigenvalue weighted by Gasteiger charge is -2.04. The minimum absolute atomic E-state index is 0.404. The molecule has 2 N–H and O–H groups in total. The maximum absolute atomic E-state index is 5.75. The van der Waals surface area contributed by atoms with Crippen LogP contribution in [-0.2, 0) is 7.05 Å². The standard InChI is InChI=1S/C11H18N2/c1-11(2)8(7-12)10(11)9-5-4-6-13(9)3/h4-6,8,10H,7,12H2,1-3H3/t8-,10+/m0/s1. The summed E-state index contributed by atoms with van der Waals surface area (Å²) in [6.07, 6.45) is 2.11. The van der Waals surface area contributed by atoms with Crippen LogP contribution < -0.4 is 5.73 Å². The highest BCUT2D eigenvalue weighted by atomic mass is 15.0. The fourth-order valence-corrected chi connectivity index (χ4v) is 2.57. The third kappa shape index (κ3) is 1.12. The molecule has 0 bridgehead atoms. The summed E-state index contributed by atoms with van der Waals surface area (Å²) in [5, 5.41) is 0. The summed E-state index contributed by atoms with van der Waals surface area (Å²) in [6, 6.07) is 4.32. The van der Waals surface area contributed by atoms with Crippen molar-refractivity contribution in [2.24, 2.45) is 24.1 Å². The molecule has 0 aromatic carbocycles. The molecule has 72 valence electrons. The van der Waals surface area contributed by atoms with Crippen molar-refractivity contribution in [1.82, 2.24) is 4.57 Å². The van der Waals surface area contributed by atoms with Crippen molar-refractivity contribution < 1.29 is 0 Å². The molecule has 0 radical (unpaired) electrons. The minimum Gasteiger partial charge on any atom is -0.354 e. The van der Waals surface area contributed by atoms with Gasteiger partial charge in [0.25, 0.3) is 0 Å². The topological polar surface area (TPSA) is 30.9 Å². The second kappa shape index (κ2) is 2.61. The van der Waals surface area contributed by atoms with Crippen LogP contribution in [0.3, 0.4) is 0 Å². The first-order chi connectivity index (χ1) is 6.09. The molecule has 0 aliphatic heterocycles. The number of aryl methyl sites for hydroxylation is 1. The Morgan fingerprint density at radius 2 is 2.23 bits per heavy atom. The summed E-state index contributed by atoms with van der Waals surface area (Å²) in [7, 11) is 2.11. The number of nitrogens with zero attached hydrogens (tertiary/aromatic N) is 1. The maximum atomic E-state index is 5.75. The highest BCUT2D eigenvalue weighted by Gasteiger charge is 2.58. The van der Waals surface area contributed by atoms with Crippen LogP contribution in [0.15, 0.2) is 18.3 Å². The number of hydrogen-bond acceptors (Lipinski definition) is 1. The maximum Gasteiger partial charge on any atom is 0.0211 e. The van der Waals surface area contributed by atoms with Gasteiger partial charge in [0.15, 0.2) is 0 Å². The second-order valence-electron chi connectivity index (χ2n) is 4.69. The van der Waals surface area contributed by atoms with Crippen molar-refractivity contribution in [2.45, 2.75) is 19.8 Å². The van der Waals surface area contributed by atoms with Crippen LogP contribution in [0.1, 0.15) is 25.5 Å². The van der Waals surface area contributed by atoms with Crippen molar-refractivity contribution in [1.29, 1.82) is 0 Å². The normalized spacial score (nSPS) is 30.5. The van der Waals surface area contributed by atoms with E-state index in [9.17, 15) is 0 Å². The van der Waals surface area contributed by atoms with Gasteiger partial charge in [0, 0.05) is 24.9 Å².